The van der Waals surface area contributed by atoms with Crippen LogP contribution in [0.4, 0.5) is 5.95 Å². The van der Waals surface area contributed by atoms with E-state index >= 15 is 0 Å². The molecule has 0 aliphatic carbocycles. The van der Waals surface area contributed by atoms with E-state index in [1.165, 1.54) is 4.31 Å². The summed E-state index contributed by atoms with van der Waals surface area (Å²) in [6.07, 6.45) is 3.65. The summed E-state index contributed by atoms with van der Waals surface area (Å²) < 4.78 is 35.0. The van der Waals surface area contributed by atoms with Gasteiger partial charge in [0.15, 0.2) is 4.96 Å². The van der Waals surface area contributed by atoms with Gasteiger partial charge in [0.25, 0.3) is 10.2 Å². The summed E-state index contributed by atoms with van der Waals surface area (Å²) in [5, 5.41) is 5.11. The molecule has 5 rings (SSSR count). The molecule has 32 heavy (non-hydrogen) atoms. The summed E-state index contributed by atoms with van der Waals surface area (Å²) in [6.45, 7) is 1.62. The number of imidazole rings is 1. The maximum atomic E-state index is 11.9. The molecule has 1 fully saturated rings. The molecule has 0 saturated carbocycles. The van der Waals surface area contributed by atoms with Gasteiger partial charge in [0.1, 0.15) is 11.4 Å². The molecule has 10 nitrogen and oxygen atoms in total. The number of fused-ring (bicyclic) bond motifs is 1. The van der Waals surface area contributed by atoms with Gasteiger partial charge >= 0.3 is 0 Å². The Morgan fingerprint density at radius 3 is 3.00 bits per heavy atom. The van der Waals surface area contributed by atoms with E-state index in [2.05, 4.69) is 20.0 Å². The molecule has 0 spiro atoms. The molecule has 0 amide bonds. The number of methoxy groups -OCH3 is 1. The van der Waals surface area contributed by atoms with E-state index in [1.807, 2.05) is 46.3 Å². The molecule has 0 unspecified atom stereocenters. The molecule has 4 aromatic rings. The van der Waals surface area contributed by atoms with Gasteiger partial charge in [-0.2, -0.15) is 12.7 Å². The number of thiazole rings is 1. The third-order valence-electron chi connectivity index (χ3n) is 5.13. The molecule has 1 aliphatic rings. The smallest absolute Gasteiger partial charge is 0.279 e. The van der Waals surface area contributed by atoms with Crippen molar-refractivity contribution in [3.63, 3.8) is 0 Å². The van der Waals surface area contributed by atoms with Crippen LogP contribution in [0.15, 0.2) is 48.1 Å². The van der Waals surface area contributed by atoms with E-state index in [4.69, 9.17) is 9.72 Å². The number of benzene rings is 1. The Labute approximate surface area is 189 Å². The first kappa shape index (κ1) is 20.8. The van der Waals surface area contributed by atoms with Gasteiger partial charge in [-0.1, -0.05) is 12.1 Å². The van der Waals surface area contributed by atoms with Crippen molar-refractivity contribution in [3.8, 4) is 28.4 Å². The summed E-state index contributed by atoms with van der Waals surface area (Å²) in [4.78, 5) is 14.7. The summed E-state index contributed by atoms with van der Waals surface area (Å²) in [7, 11) is -1.73. The van der Waals surface area contributed by atoms with E-state index < -0.39 is 10.2 Å². The molecule has 4 heterocycles. The summed E-state index contributed by atoms with van der Waals surface area (Å²) in [5.74, 6) is 1.18. The van der Waals surface area contributed by atoms with Gasteiger partial charge in [0.05, 0.1) is 18.5 Å². The van der Waals surface area contributed by atoms with Crippen LogP contribution >= 0.6 is 11.3 Å². The second kappa shape index (κ2) is 8.47. The average Bonchev–Trinajstić information content (AvgIpc) is 3.48. The standard InChI is InChI=1S/C20H21N7O3S2/c1-30-15-4-2-3-14(13-15)17-18(27-11-12-31-20(27)25-17)16-5-6-21-19(24-16)22-7-9-26-10-8-23-32(26,28)29/h2-6,11-13,23H,7-10H2,1H3,(H,21,22,24). The quantitative estimate of drug-likeness (QED) is 0.424. The molecule has 0 radical (unpaired) electrons. The fourth-order valence-electron chi connectivity index (χ4n) is 3.61. The minimum Gasteiger partial charge on any atom is -0.497 e. The van der Waals surface area contributed by atoms with Gasteiger partial charge in [-0.15, -0.1) is 11.3 Å². The van der Waals surface area contributed by atoms with Crippen LogP contribution in [0.3, 0.4) is 0 Å². The van der Waals surface area contributed by atoms with Gasteiger partial charge in [-0.25, -0.2) is 19.7 Å². The zero-order valence-electron chi connectivity index (χ0n) is 17.2. The van der Waals surface area contributed by atoms with E-state index in [0.29, 0.717) is 37.8 Å². The fraction of sp³-hybridized carbons (Fsp3) is 0.250. The predicted molar refractivity (Wildman–Crippen MR) is 123 cm³/mol. The summed E-state index contributed by atoms with van der Waals surface area (Å²) >= 11 is 1.55. The van der Waals surface area contributed by atoms with Crippen LogP contribution in [0, 0.1) is 0 Å². The van der Waals surface area contributed by atoms with Gasteiger partial charge in [-0.3, -0.25) is 4.40 Å². The van der Waals surface area contributed by atoms with Crippen LogP contribution in [-0.2, 0) is 10.2 Å². The van der Waals surface area contributed by atoms with Crippen molar-refractivity contribution < 1.29 is 13.2 Å². The van der Waals surface area contributed by atoms with Gasteiger partial charge in [0, 0.05) is 49.5 Å². The number of nitrogens with zero attached hydrogens (tertiary/aromatic N) is 5. The molecular weight excluding hydrogens is 450 g/mol. The third kappa shape index (κ3) is 3.93. The number of anilines is 1. The maximum Gasteiger partial charge on any atom is 0.279 e. The SMILES string of the molecule is COc1cccc(-c2nc3sccn3c2-c2ccnc(NCCN3CCNS3(=O)=O)n2)c1. The third-order valence-corrected chi connectivity index (χ3v) is 7.50. The molecule has 1 saturated heterocycles. The lowest BCUT2D eigenvalue weighted by Crippen LogP contribution is -2.33. The Hall–Kier alpha value is -3.06. The van der Waals surface area contributed by atoms with Crippen LogP contribution in [0.5, 0.6) is 5.75 Å². The Kier molecular flexibility index (Phi) is 5.51. The number of hydrogen-bond donors (Lipinski definition) is 2. The van der Waals surface area contributed by atoms with E-state index in [1.54, 1.807) is 24.6 Å². The molecule has 12 heteroatoms. The monoisotopic (exact) mass is 471 g/mol. The number of rotatable bonds is 7. The molecule has 2 N–H and O–H groups in total. The largest absolute Gasteiger partial charge is 0.497 e. The van der Waals surface area contributed by atoms with Crippen molar-refractivity contribution in [2.24, 2.45) is 0 Å². The lowest BCUT2D eigenvalue weighted by Gasteiger charge is -2.13. The van der Waals surface area contributed by atoms with Crippen LogP contribution in [0.25, 0.3) is 27.6 Å². The number of nitrogens with one attached hydrogen (secondary N) is 2. The van der Waals surface area contributed by atoms with Crippen molar-refractivity contribution in [3.05, 3.63) is 48.1 Å². The van der Waals surface area contributed by atoms with Crippen molar-refractivity contribution in [1.29, 1.82) is 0 Å². The minimum atomic E-state index is -3.36. The first-order valence-corrected chi connectivity index (χ1v) is 12.3. The fourth-order valence-corrected chi connectivity index (χ4v) is 5.52. The lowest BCUT2D eigenvalue weighted by molar-refractivity contribution is 0.415. The highest BCUT2D eigenvalue weighted by atomic mass is 32.2. The minimum absolute atomic E-state index is 0.333. The molecule has 3 aromatic heterocycles. The van der Waals surface area contributed by atoms with Gasteiger partial charge in [-0.05, 0) is 18.2 Å². The molecule has 0 atom stereocenters. The second-order valence-corrected chi connectivity index (χ2v) is 9.72. The van der Waals surface area contributed by atoms with Crippen LogP contribution < -0.4 is 14.8 Å². The summed E-state index contributed by atoms with van der Waals surface area (Å²) in [6, 6.07) is 9.60. The zero-order chi connectivity index (χ0) is 22.1. The van der Waals surface area contributed by atoms with Crippen molar-refractivity contribution in [2.45, 2.75) is 0 Å². The van der Waals surface area contributed by atoms with E-state index in [9.17, 15) is 8.42 Å². The van der Waals surface area contributed by atoms with Crippen LogP contribution in [0.1, 0.15) is 0 Å². The van der Waals surface area contributed by atoms with Crippen molar-refractivity contribution in [2.75, 3.05) is 38.6 Å². The van der Waals surface area contributed by atoms with Gasteiger partial charge < -0.3 is 10.1 Å². The normalized spacial score (nSPS) is 15.9. The lowest BCUT2D eigenvalue weighted by atomic mass is 10.1. The summed E-state index contributed by atoms with van der Waals surface area (Å²) in [5.41, 5.74) is 3.29. The molecule has 0 bridgehead atoms. The van der Waals surface area contributed by atoms with Gasteiger partial charge in [0.2, 0.25) is 5.95 Å². The second-order valence-electron chi connectivity index (χ2n) is 7.09. The number of aromatic nitrogens is 4. The highest BCUT2D eigenvalue weighted by Gasteiger charge is 2.27. The Bertz CT molecular complexity index is 1370. The molecule has 166 valence electrons. The predicted octanol–water partition coefficient (Wildman–Crippen LogP) is 2.09. The molecular formula is C20H21N7O3S2. The van der Waals surface area contributed by atoms with Crippen LogP contribution in [0.2, 0.25) is 0 Å². The highest BCUT2D eigenvalue weighted by Crippen LogP contribution is 2.34. The first-order chi connectivity index (χ1) is 15.5. The Morgan fingerprint density at radius 2 is 2.19 bits per heavy atom. The van der Waals surface area contributed by atoms with Crippen LogP contribution in [-0.4, -0.2) is 65.4 Å². The van der Waals surface area contributed by atoms with E-state index in [0.717, 1.165) is 27.7 Å². The Morgan fingerprint density at radius 1 is 1.28 bits per heavy atom. The average molecular weight is 472 g/mol. The number of hydrogen-bond acceptors (Lipinski definition) is 8. The zero-order valence-corrected chi connectivity index (χ0v) is 18.9. The van der Waals surface area contributed by atoms with Crippen molar-refractivity contribution >= 4 is 32.5 Å². The molecule has 1 aliphatic heterocycles. The highest BCUT2D eigenvalue weighted by molar-refractivity contribution is 7.87. The first-order valence-electron chi connectivity index (χ1n) is 9.97. The maximum absolute atomic E-state index is 11.9. The van der Waals surface area contributed by atoms with Crippen molar-refractivity contribution in [1.82, 2.24) is 28.4 Å². The topological polar surface area (TPSA) is 114 Å². The Balaban J connectivity index is 1.45. The number of ether oxygens (including phenoxy) is 1. The van der Waals surface area contributed by atoms with E-state index in [-0.39, 0.29) is 0 Å². The molecule has 1 aromatic carbocycles.